The standard InChI is InChI=1S/C13H12BrN3O/c14-6-3-7-15-13(18)17-11-8-10-4-1-2-5-12(10)16-9-11/h1-6,8-9H,7H2,(H2,15,17,18)/b6-3+. The predicted molar refractivity (Wildman–Crippen MR) is 76.8 cm³/mol. The van der Waals surface area contributed by atoms with Crippen molar-refractivity contribution in [3.63, 3.8) is 0 Å². The summed E-state index contributed by atoms with van der Waals surface area (Å²) in [6.45, 7) is 0.470. The second-order valence-electron chi connectivity index (χ2n) is 3.61. The zero-order chi connectivity index (χ0) is 12.8. The number of hydrogen-bond donors (Lipinski definition) is 2. The van der Waals surface area contributed by atoms with Crippen LogP contribution in [-0.4, -0.2) is 17.6 Å². The molecule has 18 heavy (non-hydrogen) atoms. The van der Waals surface area contributed by atoms with E-state index in [1.807, 2.05) is 30.3 Å². The number of para-hydroxylation sites is 1. The number of hydrogen-bond acceptors (Lipinski definition) is 2. The Hall–Kier alpha value is -1.88. The second kappa shape index (κ2) is 6.16. The van der Waals surface area contributed by atoms with E-state index in [9.17, 15) is 4.79 Å². The molecule has 0 saturated carbocycles. The van der Waals surface area contributed by atoms with Gasteiger partial charge in [0.1, 0.15) is 0 Å². The van der Waals surface area contributed by atoms with Crippen LogP contribution < -0.4 is 10.6 Å². The number of pyridine rings is 1. The minimum Gasteiger partial charge on any atom is -0.334 e. The maximum absolute atomic E-state index is 11.5. The molecule has 1 aromatic heterocycles. The summed E-state index contributed by atoms with van der Waals surface area (Å²) >= 11 is 3.13. The molecule has 2 N–H and O–H groups in total. The van der Waals surface area contributed by atoms with Crippen molar-refractivity contribution >= 4 is 38.6 Å². The van der Waals surface area contributed by atoms with Crippen LogP contribution in [0, 0.1) is 0 Å². The summed E-state index contributed by atoms with van der Waals surface area (Å²) in [5, 5.41) is 6.41. The van der Waals surface area contributed by atoms with Gasteiger partial charge in [0.05, 0.1) is 17.4 Å². The third kappa shape index (κ3) is 3.30. The smallest absolute Gasteiger partial charge is 0.319 e. The fourth-order valence-electron chi connectivity index (χ4n) is 1.51. The Morgan fingerprint density at radius 1 is 1.39 bits per heavy atom. The van der Waals surface area contributed by atoms with E-state index in [0.29, 0.717) is 12.2 Å². The Kier molecular flexibility index (Phi) is 4.30. The molecule has 0 spiro atoms. The van der Waals surface area contributed by atoms with Crippen LogP contribution in [0.5, 0.6) is 0 Å². The number of rotatable bonds is 3. The van der Waals surface area contributed by atoms with Crippen molar-refractivity contribution in [2.45, 2.75) is 0 Å². The molecule has 0 fully saturated rings. The van der Waals surface area contributed by atoms with Crippen molar-refractivity contribution in [2.75, 3.05) is 11.9 Å². The number of benzene rings is 1. The normalized spacial score (nSPS) is 10.7. The lowest BCUT2D eigenvalue weighted by Gasteiger charge is -2.06. The van der Waals surface area contributed by atoms with Gasteiger partial charge in [-0.2, -0.15) is 0 Å². The van der Waals surface area contributed by atoms with Gasteiger partial charge in [-0.05, 0) is 17.1 Å². The summed E-state index contributed by atoms with van der Waals surface area (Å²) in [4.78, 5) is 17.5. The second-order valence-corrected chi connectivity index (χ2v) is 4.14. The molecule has 1 heterocycles. The molecule has 2 rings (SSSR count). The molecule has 0 atom stereocenters. The van der Waals surface area contributed by atoms with E-state index < -0.39 is 0 Å². The summed E-state index contributed by atoms with van der Waals surface area (Å²) in [5.74, 6) is 0. The molecule has 1 aromatic carbocycles. The van der Waals surface area contributed by atoms with E-state index in [4.69, 9.17) is 0 Å². The lowest BCUT2D eigenvalue weighted by atomic mass is 10.2. The maximum atomic E-state index is 11.5. The summed E-state index contributed by atoms with van der Waals surface area (Å²) in [7, 11) is 0. The lowest BCUT2D eigenvalue weighted by molar-refractivity contribution is 0.253. The van der Waals surface area contributed by atoms with Gasteiger partial charge < -0.3 is 10.6 Å². The fraction of sp³-hybridized carbons (Fsp3) is 0.0769. The minimum absolute atomic E-state index is 0.252. The van der Waals surface area contributed by atoms with Crippen molar-refractivity contribution in [1.29, 1.82) is 0 Å². The van der Waals surface area contributed by atoms with Crippen LogP contribution in [-0.2, 0) is 0 Å². The third-order valence-electron chi connectivity index (χ3n) is 2.32. The first kappa shape index (κ1) is 12.6. The van der Waals surface area contributed by atoms with Crippen LogP contribution in [0.25, 0.3) is 10.9 Å². The average molecular weight is 306 g/mol. The molecule has 0 saturated heterocycles. The molecule has 0 radical (unpaired) electrons. The quantitative estimate of drug-likeness (QED) is 0.914. The molecule has 2 amide bonds. The largest absolute Gasteiger partial charge is 0.334 e. The zero-order valence-corrected chi connectivity index (χ0v) is 11.1. The number of fused-ring (bicyclic) bond motifs is 1. The molecule has 4 nitrogen and oxygen atoms in total. The first-order chi connectivity index (χ1) is 8.79. The van der Waals surface area contributed by atoms with Crippen LogP contribution in [0.15, 0.2) is 47.6 Å². The van der Waals surface area contributed by atoms with Gasteiger partial charge in [-0.25, -0.2) is 4.79 Å². The Morgan fingerprint density at radius 3 is 3.06 bits per heavy atom. The fourth-order valence-corrected chi connectivity index (χ4v) is 1.70. The number of amides is 2. The molecule has 2 aromatic rings. The van der Waals surface area contributed by atoms with Crippen molar-refractivity contribution in [3.8, 4) is 0 Å². The van der Waals surface area contributed by atoms with Crippen LogP contribution in [0.3, 0.4) is 0 Å². The summed E-state index contributed by atoms with van der Waals surface area (Å²) < 4.78 is 0. The molecule has 5 heteroatoms. The highest BCUT2D eigenvalue weighted by atomic mass is 79.9. The Bertz CT molecular complexity index is 583. The van der Waals surface area contributed by atoms with Gasteiger partial charge in [0.15, 0.2) is 0 Å². The number of nitrogens with one attached hydrogen (secondary N) is 2. The molecular formula is C13H12BrN3O. The highest BCUT2D eigenvalue weighted by Gasteiger charge is 2.01. The molecule has 0 unspecified atom stereocenters. The molecule has 0 aliphatic rings. The van der Waals surface area contributed by atoms with Gasteiger partial charge in [-0.3, -0.25) is 4.98 Å². The van der Waals surface area contributed by atoms with E-state index in [2.05, 4.69) is 31.5 Å². The van der Waals surface area contributed by atoms with E-state index >= 15 is 0 Å². The minimum atomic E-state index is -0.252. The summed E-state index contributed by atoms with van der Waals surface area (Å²) in [6, 6.07) is 9.40. The number of nitrogens with zero attached hydrogens (tertiary/aromatic N) is 1. The first-order valence-corrected chi connectivity index (χ1v) is 6.36. The summed E-state index contributed by atoms with van der Waals surface area (Å²) in [5.41, 5.74) is 1.58. The van der Waals surface area contributed by atoms with Gasteiger partial charge in [0, 0.05) is 11.9 Å². The monoisotopic (exact) mass is 305 g/mol. The first-order valence-electron chi connectivity index (χ1n) is 5.44. The molecule has 0 aliphatic carbocycles. The maximum Gasteiger partial charge on any atom is 0.319 e. The topological polar surface area (TPSA) is 54.0 Å². The molecule has 92 valence electrons. The average Bonchev–Trinajstić information content (AvgIpc) is 2.39. The predicted octanol–water partition coefficient (Wildman–Crippen LogP) is 3.26. The number of anilines is 1. The van der Waals surface area contributed by atoms with Crippen molar-refractivity contribution in [2.24, 2.45) is 0 Å². The highest BCUT2D eigenvalue weighted by molar-refractivity contribution is 9.11. The van der Waals surface area contributed by atoms with Crippen molar-refractivity contribution in [3.05, 3.63) is 47.6 Å². The van der Waals surface area contributed by atoms with Crippen molar-refractivity contribution < 1.29 is 4.79 Å². The molecule has 0 bridgehead atoms. The van der Waals surface area contributed by atoms with E-state index in [1.54, 1.807) is 17.3 Å². The van der Waals surface area contributed by atoms with E-state index in [-0.39, 0.29) is 6.03 Å². The SMILES string of the molecule is O=C(NC/C=C/Br)Nc1cnc2ccccc2c1. The zero-order valence-electron chi connectivity index (χ0n) is 9.56. The highest BCUT2D eigenvalue weighted by Crippen LogP contribution is 2.15. The van der Waals surface area contributed by atoms with E-state index in [1.165, 1.54) is 0 Å². The third-order valence-corrected chi connectivity index (χ3v) is 2.69. The van der Waals surface area contributed by atoms with Gasteiger partial charge in [-0.1, -0.05) is 40.2 Å². The van der Waals surface area contributed by atoms with Gasteiger partial charge >= 0.3 is 6.03 Å². The van der Waals surface area contributed by atoms with Crippen LogP contribution in [0.4, 0.5) is 10.5 Å². The van der Waals surface area contributed by atoms with Gasteiger partial charge in [0.25, 0.3) is 0 Å². The molecule has 0 aliphatic heterocycles. The molecular weight excluding hydrogens is 294 g/mol. The Labute approximate surface area is 113 Å². The number of urea groups is 1. The number of carbonyl (C=O) groups excluding carboxylic acids is 1. The van der Waals surface area contributed by atoms with E-state index in [0.717, 1.165) is 10.9 Å². The lowest BCUT2D eigenvalue weighted by Crippen LogP contribution is -2.28. The summed E-state index contributed by atoms with van der Waals surface area (Å²) in [6.07, 6.45) is 3.43. The number of aromatic nitrogens is 1. The van der Waals surface area contributed by atoms with Crippen LogP contribution in [0.2, 0.25) is 0 Å². The Balaban J connectivity index is 2.05. The van der Waals surface area contributed by atoms with Gasteiger partial charge in [0.2, 0.25) is 0 Å². The van der Waals surface area contributed by atoms with Crippen LogP contribution >= 0.6 is 15.9 Å². The Morgan fingerprint density at radius 2 is 2.22 bits per heavy atom. The van der Waals surface area contributed by atoms with Gasteiger partial charge in [-0.15, -0.1) is 0 Å². The number of carbonyl (C=O) groups is 1. The van der Waals surface area contributed by atoms with Crippen molar-refractivity contribution in [1.82, 2.24) is 10.3 Å². The van der Waals surface area contributed by atoms with Crippen LogP contribution in [0.1, 0.15) is 0 Å². The number of halogens is 1.